The lowest BCUT2D eigenvalue weighted by molar-refractivity contribution is 0.164. The van der Waals surface area contributed by atoms with Crippen molar-refractivity contribution in [2.75, 3.05) is 13.1 Å². The molecule has 0 radical (unpaired) electrons. The average molecular weight is 247 g/mol. The number of benzene rings is 1. The van der Waals surface area contributed by atoms with Gasteiger partial charge >= 0.3 is 0 Å². The molecule has 1 N–H and O–H groups in total. The molecule has 3 atom stereocenters. The van der Waals surface area contributed by atoms with E-state index in [9.17, 15) is 4.39 Å². The van der Waals surface area contributed by atoms with Crippen LogP contribution in [-0.2, 0) is 0 Å². The van der Waals surface area contributed by atoms with Crippen molar-refractivity contribution in [2.24, 2.45) is 11.3 Å². The average Bonchev–Trinajstić information content (AvgIpc) is 2.72. The fourth-order valence-electron chi connectivity index (χ4n) is 4.14. The highest BCUT2D eigenvalue weighted by Gasteiger charge is 2.45. The van der Waals surface area contributed by atoms with Crippen molar-refractivity contribution in [3.8, 4) is 0 Å². The molecule has 1 saturated heterocycles. The normalized spacial score (nSPS) is 36.1. The van der Waals surface area contributed by atoms with Crippen LogP contribution in [0.2, 0.25) is 0 Å². The molecule has 0 bridgehead atoms. The van der Waals surface area contributed by atoms with Gasteiger partial charge in [0, 0.05) is 12.5 Å². The van der Waals surface area contributed by atoms with E-state index in [0.29, 0.717) is 11.3 Å². The van der Waals surface area contributed by atoms with E-state index in [0.717, 1.165) is 19.0 Å². The van der Waals surface area contributed by atoms with Crippen LogP contribution in [0.25, 0.3) is 0 Å². The molecule has 1 nitrogen and oxygen atoms in total. The lowest BCUT2D eigenvalue weighted by atomic mass is 9.66. The summed E-state index contributed by atoms with van der Waals surface area (Å²) in [4.78, 5) is 0. The molecule has 2 heteroatoms. The second-order valence-corrected chi connectivity index (χ2v) is 6.27. The van der Waals surface area contributed by atoms with Crippen LogP contribution < -0.4 is 5.32 Å². The molecule has 1 saturated carbocycles. The maximum Gasteiger partial charge on any atom is 0.123 e. The van der Waals surface area contributed by atoms with Gasteiger partial charge in [0.05, 0.1) is 0 Å². The van der Waals surface area contributed by atoms with Crippen molar-refractivity contribution in [3.05, 3.63) is 35.6 Å². The van der Waals surface area contributed by atoms with Gasteiger partial charge in [-0.2, -0.15) is 0 Å². The second kappa shape index (κ2) is 4.65. The van der Waals surface area contributed by atoms with Crippen molar-refractivity contribution in [3.63, 3.8) is 0 Å². The molecule has 0 amide bonds. The molecule has 1 heterocycles. The number of rotatable bonds is 1. The van der Waals surface area contributed by atoms with Gasteiger partial charge in [-0.3, -0.25) is 0 Å². The summed E-state index contributed by atoms with van der Waals surface area (Å²) in [5.74, 6) is 1.23. The van der Waals surface area contributed by atoms with E-state index in [1.54, 1.807) is 12.1 Å². The van der Waals surface area contributed by atoms with Gasteiger partial charge < -0.3 is 5.32 Å². The minimum absolute atomic E-state index is 0.0979. The van der Waals surface area contributed by atoms with Crippen LogP contribution in [0.3, 0.4) is 0 Å². The molecule has 18 heavy (non-hydrogen) atoms. The molecule has 1 aromatic carbocycles. The maximum atomic E-state index is 13.5. The van der Waals surface area contributed by atoms with Crippen molar-refractivity contribution >= 4 is 0 Å². The first-order valence-electron chi connectivity index (χ1n) is 7.16. The van der Waals surface area contributed by atoms with E-state index >= 15 is 0 Å². The molecule has 98 valence electrons. The lowest BCUT2D eigenvalue weighted by Gasteiger charge is -2.42. The van der Waals surface area contributed by atoms with Gasteiger partial charge in [-0.25, -0.2) is 4.39 Å². The molecule has 3 unspecified atom stereocenters. The Morgan fingerprint density at radius 1 is 1.33 bits per heavy atom. The van der Waals surface area contributed by atoms with Crippen LogP contribution in [0, 0.1) is 17.2 Å². The zero-order valence-corrected chi connectivity index (χ0v) is 11.1. The highest BCUT2D eigenvalue weighted by molar-refractivity contribution is 5.25. The summed E-state index contributed by atoms with van der Waals surface area (Å²) in [7, 11) is 0. The Balaban J connectivity index is 1.93. The zero-order chi connectivity index (χ0) is 12.6. The number of hydrogen-bond donors (Lipinski definition) is 1. The minimum Gasteiger partial charge on any atom is -0.316 e. The summed E-state index contributed by atoms with van der Waals surface area (Å²) in [5.41, 5.74) is 1.62. The summed E-state index contributed by atoms with van der Waals surface area (Å²) < 4.78 is 13.5. The topological polar surface area (TPSA) is 12.0 Å². The zero-order valence-electron chi connectivity index (χ0n) is 11.1. The van der Waals surface area contributed by atoms with Crippen LogP contribution in [-0.4, -0.2) is 13.1 Å². The molecule has 1 aliphatic carbocycles. The van der Waals surface area contributed by atoms with E-state index < -0.39 is 0 Å². The van der Waals surface area contributed by atoms with Crippen molar-refractivity contribution < 1.29 is 4.39 Å². The third-order valence-corrected chi connectivity index (χ3v) is 5.03. The summed E-state index contributed by atoms with van der Waals surface area (Å²) in [6.07, 6.45) is 5.22. The van der Waals surface area contributed by atoms with Gasteiger partial charge in [-0.05, 0) is 54.8 Å². The van der Waals surface area contributed by atoms with Crippen LogP contribution in [0.1, 0.15) is 44.1 Å². The van der Waals surface area contributed by atoms with Crippen LogP contribution in [0.5, 0.6) is 0 Å². The molecule has 3 rings (SSSR count). The van der Waals surface area contributed by atoms with E-state index in [2.05, 4.69) is 18.3 Å². The Kier molecular flexibility index (Phi) is 3.14. The van der Waals surface area contributed by atoms with Crippen LogP contribution in [0.4, 0.5) is 4.39 Å². The molecule has 0 aromatic heterocycles. The Morgan fingerprint density at radius 3 is 2.94 bits per heavy atom. The summed E-state index contributed by atoms with van der Waals surface area (Å²) in [6, 6.07) is 7.24. The number of nitrogens with one attached hydrogen (secondary N) is 1. The first-order valence-corrected chi connectivity index (χ1v) is 7.16. The summed E-state index contributed by atoms with van der Waals surface area (Å²) in [6.45, 7) is 4.49. The molecule has 1 aliphatic heterocycles. The van der Waals surface area contributed by atoms with Gasteiger partial charge in [-0.15, -0.1) is 0 Å². The SMILES string of the molecule is CC1CCC2(CCNCC2c2cccc(F)c2)C1. The first kappa shape index (κ1) is 12.2. The largest absolute Gasteiger partial charge is 0.316 e. The molecule has 2 fully saturated rings. The lowest BCUT2D eigenvalue weighted by Crippen LogP contribution is -2.42. The van der Waals surface area contributed by atoms with Crippen LogP contribution in [0.15, 0.2) is 24.3 Å². The van der Waals surface area contributed by atoms with Crippen molar-refractivity contribution in [1.29, 1.82) is 0 Å². The Bertz CT molecular complexity index is 427. The van der Waals surface area contributed by atoms with E-state index in [1.165, 1.54) is 31.2 Å². The smallest absolute Gasteiger partial charge is 0.123 e. The summed E-state index contributed by atoms with van der Waals surface area (Å²) in [5, 5.41) is 3.50. The summed E-state index contributed by atoms with van der Waals surface area (Å²) >= 11 is 0. The van der Waals surface area contributed by atoms with Crippen LogP contribution >= 0.6 is 0 Å². The molecular weight excluding hydrogens is 225 g/mol. The number of piperidine rings is 1. The Hall–Kier alpha value is -0.890. The van der Waals surface area contributed by atoms with Gasteiger partial charge in [0.25, 0.3) is 0 Å². The predicted molar refractivity (Wildman–Crippen MR) is 72.1 cm³/mol. The molecule has 2 aliphatic rings. The molecule has 1 aromatic rings. The maximum absolute atomic E-state index is 13.5. The molecular formula is C16H22FN. The third kappa shape index (κ3) is 2.07. The Morgan fingerprint density at radius 2 is 2.22 bits per heavy atom. The second-order valence-electron chi connectivity index (χ2n) is 6.27. The van der Waals surface area contributed by atoms with Gasteiger partial charge in [0.2, 0.25) is 0 Å². The standard InChI is InChI=1S/C16H22FN/c1-12-5-6-16(10-12)7-8-18-11-15(16)13-3-2-4-14(17)9-13/h2-4,9,12,15,18H,5-8,10-11H2,1H3. The Labute approximate surface area is 109 Å². The molecule has 1 spiro atoms. The third-order valence-electron chi connectivity index (χ3n) is 5.03. The fraction of sp³-hybridized carbons (Fsp3) is 0.625. The van der Waals surface area contributed by atoms with Gasteiger partial charge in [0.1, 0.15) is 5.82 Å². The predicted octanol–water partition coefficient (Wildman–Crippen LogP) is 3.71. The quantitative estimate of drug-likeness (QED) is 0.797. The van der Waals surface area contributed by atoms with E-state index in [4.69, 9.17) is 0 Å². The number of halogens is 1. The van der Waals surface area contributed by atoms with Gasteiger partial charge in [-0.1, -0.05) is 25.5 Å². The first-order chi connectivity index (χ1) is 8.70. The fourth-order valence-corrected chi connectivity index (χ4v) is 4.14. The van der Waals surface area contributed by atoms with Crippen molar-refractivity contribution in [1.82, 2.24) is 5.32 Å². The number of hydrogen-bond acceptors (Lipinski definition) is 1. The van der Waals surface area contributed by atoms with E-state index in [-0.39, 0.29) is 5.82 Å². The minimum atomic E-state index is -0.0979. The van der Waals surface area contributed by atoms with E-state index in [1.807, 2.05) is 6.07 Å². The monoisotopic (exact) mass is 247 g/mol. The highest BCUT2D eigenvalue weighted by Crippen LogP contribution is 2.54. The highest BCUT2D eigenvalue weighted by atomic mass is 19.1. The van der Waals surface area contributed by atoms with Crippen molar-refractivity contribution in [2.45, 2.75) is 38.5 Å². The van der Waals surface area contributed by atoms with Gasteiger partial charge in [0.15, 0.2) is 0 Å².